The van der Waals surface area contributed by atoms with Crippen LogP contribution in [0.15, 0.2) is 12.4 Å². The Morgan fingerprint density at radius 1 is 1.50 bits per heavy atom. The van der Waals surface area contributed by atoms with E-state index in [0.717, 1.165) is 12.4 Å². The summed E-state index contributed by atoms with van der Waals surface area (Å²) in [5, 5.41) is 19.5. The van der Waals surface area contributed by atoms with Crippen LogP contribution in [-0.2, 0) is 4.79 Å². The molecule has 1 aromatic rings. The van der Waals surface area contributed by atoms with Crippen molar-refractivity contribution in [2.24, 2.45) is 11.8 Å². The summed E-state index contributed by atoms with van der Waals surface area (Å²) in [5.74, 6) is -0.965. The van der Waals surface area contributed by atoms with Crippen molar-refractivity contribution in [3.8, 4) is 0 Å². The second-order valence-corrected chi connectivity index (χ2v) is 4.33. The number of carboxylic acid groups (broad SMARTS) is 1. The van der Waals surface area contributed by atoms with Gasteiger partial charge in [0.05, 0.1) is 10.8 Å². The van der Waals surface area contributed by atoms with Crippen LogP contribution in [0.25, 0.3) is 0 Å². The number of aromatic nitrogens is 2. The van der Waals surface area contributed by atoms with Gasteiger partial charge in [-0.3, -0.25) is 14.9 Å². The molecular formula is C10H12N4O4. The van der Waals surface area contributed by atoms with Gasteiger partial charge in [0.25, 0.3) is 0 Å². The van der Waals surface area contributed by atoms with Gasteiger partial charge in [-0.2, -0.15) is 0 Å². The van der Waals surface area contributed by atoms with Gasteiger partial charge in [0, 0.05) is 13.1 Å². The molecule has 8 heteroatoms. The van der Waals surface area contributed by atoms with Crippen LogP contribution in [0, 0.1) is 22.0 Å². The molecule has 0 saturated carbocycles. The lowest BCUT2D eigenvalue weighted by Gasteiger charge is -2.14. The molecule has 1 saturated heterocycles. The summed E-state index contributed by atoms with van der Waals surface area (Å²) in [7, 11) is 0. The van der Waals surface area contributed by atoms with Gasteiger partial charge in [-0.1, -0.05) is 6.92 Å². The maximum atomic E-state index is 11.0. The molecule has 0 bridgehead atoms. The third kappa shape index (κ3) is 2.22. The van der Waals surface area contributed by atoms with Crippen molar-refractivity contribution in [1.29, 1.82) is 0 Å². The Kier molecular flexibility index (Phi) is 3.09. The first-order valence-corrected chi connectivity index (χ1v) is 5.43. The van der Waals surface area contributed by atoms with Gasteiger partial charge in [0.1, 0.15) is 12.4 Å². The highest BCUT2D eigenvalue weighted by Gasteiger charge is 2.35. The lowest BCUT2D eigenvalue weighted by atomic mass is 9.99. The van der Waals surface area contributed by atoms with Crippen molar-refractivity contribution >= 4 is 17.6 Å². The first-order chi connectivity index (χ1) is 8.49. The minimum atomic E-state index is -0.841. The van der Waals surface area contributed by atoms with Gasteiger partial charge < -0.3 is 10.0 Å². The first kappa shape index (κ1) is 12.2. The van der Waals surface area contributed by atoms with E-state index in [0.29, 0.717) is 19.0 Å². The second kappa shape index (κ2) is 4.55. The zero-order valence-electron chi connectivity index (χ0n) is 9.68. The molecule has 1 aliphatic rings. The third-order valence-corrected chi connectivity index (χ3v) is 3.05. The molecule has 18 heavy (non-hydrogen) atoms. The Bertz CT molecular complexity index is 475. The summed E-state index contributed by atoms with van der Waals surface area (Å²) in [4.78, 5) is 30.4. The Morgan fingerprint density at radius 3 is 2.56 bits per heavy atom. The maximum absolute atomic E-state index is 11.0. The molecule has 0 aliphatic carbocycles. The highest BCUT2D eigenvalue weighted by molar-refractivity contribution is 5.72. The van der Waals surface area contributed by atoms with Crippen LogP contribution in [0.1, 0.15) is 6.92 Å². The highest BCUT2D eigenvalue weighted by atomic mass is 16.6. The highest BCUT2D eigenvalue weighted by Crippen LogP contribution is 2.26. The normalized spacial score (nSPS) is 23.1. The average Bonchev–Trinajstić information content (AvgIpc) is 2.71. The van der Waals surface area contributed by atoms with E-state index in [2.05, 4.69) is 9.97 Å². The SMILES string of the molecule is CC1CN(c2ncc([N+](=O)[O-])cn2)CC1C(=O)O. The van der Waals surface area contributed by atoms with Gasteiger partial charge in [0.15, 0.2) is 0 Å². The van der Waals surface area contributed by atoms with Crippen molar-refractivity contribution in [2.45, 2.75) is 6.92 Å². The van der Waals surface area contributed by atoms with Crippen LogP contribution in [0.4, 0.5) is 11.6 Å². The zero-order valence-corrected chi connectivity index (χ0v) is 9.68. The third-order valence-electron chi connectivity index (χ3n) is 3.05. The largest absolute Gasteiger partial charge is 0.481 e. The van der Waals surface area contributed by atoms with Crippen LogP contribution < -0.4 is 4.90 Å². The Balaban J connectivity index is 2.14. The number of anilines is 1. The summed E-state index contributed by atoms with van der Waals surface area (Å²) in [5.41, 5.74) is -0.180. The monoisotopic (exact) mass is 252 g/mol. The van der Waals surface area contributed by atoms with E-state index < -0.39 is 16.8 Å². The van der Waals surface area contributed by atoms with Crippen molar-refractivity contribution in [3.63, 3.8) is 0 Å². The molecule has 2 atom stereocenters. The number of carboxylic acids is 1. The lowest BCUT2D eigenvalue weighted by Crippen LogP contribution is -2.24. The van der Waals surface area contributed by atoms with E-state index in [1.807, 2.05) is 6.92 Å². The van der Waals surface area contributed by atoms with E-state index >= 15 is 0 Å². The van der Waals surface area contributed by atoms with Crippen molar-refractivity contribution < 1.29 is 14.8 Å². The molecule has 1 N–H and O–H groups in total. The Labute approximate surface area is 102 Å². The van der Waals surface area contributed by atoms with Crippen LogP contribution in [0.2, 0.25) is 0 Å². The molecule has 0 aromatic carbocycles. The van der Waals surface area contributed by atoms with E-state index in [9.17, 15) is 14.9 Å². The van der Waals surface area contributed by atoms with Crippen LogP contribution in [0.5, 0.6) is 0 Å². The molecule has 0 amide bonds. The van der Waals surface area contributed by atoms with Gasteiger partial charge in [-0.25, -0.2) is 9.97 Å². The summed E-state index contributed by atoms with van der Waals surface area (Å²) in [6.07, 6.45) is 2.25. The van der Waals surface area contributed by atoms with Crippen molar-refractivity contribution in [3.05, 3.63) is 22.5 Å². The topological polar surface area (TPSA) is 109 Å². The van der Waals surface area contributed by atoms with Gasteiger partial charge in [0.2, 0.25) is 5.95 Å². The van der Waals surface area contributed by atoms with E-state index in [1.165, 1.54) is 0 Å². The summed E-state index contributed by atoms with van der Waals surface area (Å²) in [6, 6.07) is 0. The van der Waals surface area contributed by atoms with E-state index in [4.69, 9.17) is 5.11 Å². The molecule has 0 radical (unpaired) electrons. The average molecular weight is 252 g/mol. The lowest BCUT2D eigenvalue weighted by molar-refractivity contribution is -0.385. The predicted molar refractivity (Wildman–Crippen MR) is 61.2 cm³/mol. The number of rotatable bonds is 3. The van der Waals surface area contributed by atoms with Crippen LogP contribution in [-0.4, -0.2) is 39.1 Å². The van der Waals surface area contributed by atoms with Gasteiger partial charge in [-0.05, 0) is 5.92 Å². The molecule has 8 nitrogen and oxygen atoms in total. The molecule has 0 spiro atoms. The Hall–Kier alpha value is -2.25. The molecule has 1 fully saturated rings. The minimum absolute atomic E-state index is 0.00120. The number of carbonyl (C=O) groups is 1. The Morgan fingerprint density at radius 2 is 2.11 bits per heavy atom. The fraction of sp³-hybridized carbons (Fsp3) is 0.500. The van der Waals surface area contributed by atoms with Crippen molar-refractivity contribution in [1.82, 2.24) is 9.97 Å². The fourth-order valence-corrected chi connectivity index (χ4v) is 2.02. The predicted octanol–water partition coefficient (Wildman–Crippen LogP) is 0.542. The van der Waals surface area contributed by atoms with Gasteiger partial charge in [-0.15, -0.1) is 0 Å². The van der Waals surface area contributed by atoms with Crippen LogP contribution >= 0.6 is 0 Å². The summed E-state index contributed by atoms with van der Waals surface area (Å²) < 4.78 is 0. The number of hydrogen-bond acceptors (Lipinski definition) is 6. The van der Waals surface area contributed by atoms with E-state index in [-0.39, 0.29) is 11.6 Å². The molecular weight excluding hydrogens is 240 g/mol. The molecule has 2 heterocycles. The first-order valence-electron chi connectivity index (χ1n) is 5.43. The maximum Gasteiger partial charge on any atom is 0.308 e. The molecule has 2 rings (SSSR count). The number of nitro groups is 1. The number of aliphatic carboxylic acids is 1. The molecule has 96 valence electrons. The number of hydrogen-bond donors (Lipinski definition) is 1. The van der Waals surface area contributed by atoms with Crippen molar-refractivity contribution in [2.75, 3.05) is 18.0 Å². The second-order valence-electron chi connectivity index (χ2n) is 4.33. The standard InChI is InChI=1S/C10H12N4O4/c1-6-4-13(5-8(6)9(15)16)10-11-2-7(3-12-10)14(17)18/h2-3,6,8H,4-5H2,1H3,(H,15,16). The summed E-state index contributed by atoms with van der Waals surface area (Å²) in [6.45, 7) is 2.72. The smallest absolute Gasteiger partial charge is 0.308 e. The molecule has 1 aliphatic heterocycles. The zero-order chi connectivity index (χ0) is 13.3. The van der Waals surface area contributed by atoms with E-state index in [1.54, 1.807) is 4.90 Å². The van der Waals surface area contributed by atoms with Gasteiger partial charge >= 0.3 is 11.7 Å². The fourth-order valence-electron chi connectivity index (χ4n) is 2.02. The summed E-state index contributed by atoms with van der Waals surface area (Å²) >= 11 is 0. The number of nitrogens with zero attached hydrogens (tertiary/aromatic N) is 4. The minimum Gasteiger partial charge on any atom is -0.481 e. The van der Waals surface area contributed by atoms with Crippen LogP contribution in [0.3, 0.4) is 0 Å². The molecule has 2 unspecified atom stereocenters. The molecule has 1 aromatic heterocycles. The quantitative estimate of drug-likeness (QED) is 0.617.